The average molecular weight is 368 g/mol. The Morgan fingerprint density at radius 3 is 2.72 bits per heavy atom. The van der Waals surface area contributed by atoms with Crippen LogP contribution in [-0.4, -0.2) is 35.7 Å². The molecule has 140 valence electrons. The van der Waals surface area contributed by atoms with Gasteiger partial charge in [0.25, 0.3) is 0 Å². The molecule has 25 heavy (non-hydrogen) atoms. The highest BCUT2D eigenvalue weighted by molar-refractivity contribution is 6.32. The normalized spacial score (nSPS) is 17.8. The summed E-state index contributed by atoms with van der Waals surface area (Å²) in [4.78, 5) is 13.2. The molecule has 0 bridgehead atoms. The van der Waals surface area contributed by atoms with E-state index in [0.717, 1.165) is 37.2 Å². The molecule has 5 heteroatoms. The summed E-state index contributed by atoms with van der Waals surface area (Å²) in [6.07, 6.45) is 8.16. The van der Waals surface area contributed by atoms with Crippen LogP contribution in [0.5, 0.6) is 5.75 Å². The van der Waals surface area contributed by atoms with Crippen LogP contribution in [0.2, 0.25) is 5.02 Å². The number of likely N-dealkylation sites (tertiary alicyclic amines) is 1. The molecule has 1 unspecified atom stereocenters. The lowest BCUT2D eigenvalue weighted by molar-refractivity contribution is -0.141. The summed E-state index contributed by atoms with van der Waals surface area (Å²) >= 11 is 6.34. The van der Waals surface area contributed by atoms with Crippen molar-refractivity contribution in [2.24, 2.45) is 5.92 Å². The molecule has 0 aliphatic carbocycles. The number of halogens is 1. The van der Waals surface area contributed by atoms with Gasteiger partial charge in [0.2, 0.25) is 0 Å². The second-order valence-electron chi connectivity index (χ2n) is 6.94. The standard InChI is InChI=1S/C20H30ClNO3/c1-2-3-4-5-6-7-12-25-19-9-8-16(13-18(19)21)14-22-11-10-17(15-22)20(23)24/h8-9,13,17H,2-7,10-12,14-15H2,1H3,(H,23,24). The Kier molecular flexibility index (Phi) is 8.56. The summed E-state index contributed by atoms with van der Waals surface area (Å²) in [6, 6.07) is 5.89. The van der Waals surface area contributed by atoms with Crippen LogP contribution in [0.4, 0.5) is 0 Å². The van der Waals surface area contributed by atoms with Gasteiger partial charge in [0.15, 0.2) is 0 Å². The van der Waals surface area contributed by atoms with Crippen molar-refractivity contribution >= 4 is 17.6 Å². The molecule has 1 atom stereocenters. The first-order valence-corrected chi connectivity index (χ1v) is 9.84. The van der Waals surface area contributed by atoms with Crippen molar-refractivity contribution in [3.05, 3.63) is 28.8 Å². The lowest BCUT2D eigenvalue weighted by Gasteiger charge is -2.16. The number of carboxylic acid groups (broad SMARTS) is 1. The summed E-state index contributed by atoms with van der Waals surface area (Å²) in [7, 11) is 0. The second kappa shape index (κ2) is 10.7. The van der Waals surface area contributed by atoms with E-state index in [0.29, 0.717) is 18.2 Å². The van der Waals surface area contributed by atoms with E-state index in [1.165, 1.54) is 32.1 Å². The summed E-state index contributed by atoms with van der Waals surface area (Å²) in [5, 5.41) is 9.71. The maximum atomic E-state index is 11.0. The van der Waals surface area contributed by atoms with Crippen molar-refractivity contribution in [1.29, 1.82) is 0 Å². The Hall–Kier alpha value is -1.26. The molecule has 1 aromatic rings. The fourth-order valence-electron chi connectivity index (χ4n) is 3.26. The molecule has 2 rings (SSSR count). The van der Waals surface area contributed by atoms with Gasteiger partial charge < -0.3 is 9.84 Å². The Labute approximate surface area is 156 Å². The van der Waals surface area contributed by atoms with Gasteiger partial charge in [0, 0.05) is 13.1 Å². The Balaban J connectivity index is 1.72. The first-order chi connectivity index (χ1) is 12.1. The van der Waals surface area contributed by atoms with Gasteiger partial charge >= 0.3 is 5.97 Å². The van der Waals surface area contributed by atoms with E-state index in [4.69, 9.17) is 21.4 Å². The van der Waals surface area contributed by atoms with Gasteiger partial charge in [0.05, 0.1) is 17.5 Å². The number of carbonyl (C=O) groups is 1. The fourth-order valence-corrected chi connectivity index (χ4v) is 3.52. The van der Waals surface area contributed by atoms with E-state index in [9.17, 15) is 4.79 Å². The molecule has 0 aromatic heterocycles. The summed E-state index contributed by atoms with van der Waals surface area (Å²) in [6.45, 7) is 5.11. The number of unbranched alkanes of at least 4 members (excludes halogenated alkanes) is 5. The molecular weight excluding hydrogens is 338 g/mol. The van der Waals surface area contributed by atoms with E-state index >= 15 is 0 Å². The van der Waals surface area contributed by atoms with Crippen LogP contribution in [0, 0.1) is 5.92 Å². The largest absolute Gasteiger partial charge is 0.492 e. The Morgan fingerprint density at radius 1 is 1.28 bits per heavy atom. The fraction of sp³-hybridized carbons (Fsp3) is 0.650. The molecule has 1 aromatic carbocycles. The van der Waals surface area contributed by atoms with Gasteiger partial charge in [0.1, 0.15) is 5.75 Å². The maximum Gasteiger partial charge on any atom is 0.307 e. The predicted octanol–water partition coefficient (Wildman–Crippen LogP) is 4.99. The smallest absolute Gasteiger partial charge is 0.307 e. The minimum atomic E-state index is -0.695. The van der Waals surface area contributed by atoms with Gasteiger partial charge in [-0.3, -0.25) is 9.69 Å². The van der Waals surface area contributed by atoms with Crippen LogP contribution in [0.15, 0.2) is 18.2 Å². The molecule has 1 saturated heterocycles. The van der Waals surface area contributed by atoms with E-state index in [1.807, 2.05) is 18.2 Å². The minimum Gasteiger partial charge on any atom is -0.492 e. The van der Waals surface area contributed by atoms with Crippen molar-refractivity contribution in [1.82, 2.24) is 4.90 Å². The van der Waals surface area contributed by atoms with Crippen LogP contribution in [0.25, 0.3) is 0 Å². The number of hydrogen-bond donors (Lipinski definition) is 1. The molecule has 1 aliphatic heterocycles. The first kappa shape index (κ1) is 20.1. The molecule has 0 saturated carbocycles. The average Bonchev–Trinajstić information content (AvgIpc) is 3.04. The van der Waals surface area contributed by atoms with Crippen molar-refractivity contribution < 1.29 is 14.6 Å². The number of benzene rings is 1. The molecule has 0 spiro atoms. The van der Waals surface area contributed by atoms with Crippen LogP contribution in [-0.2, 0) is 11.3 Å². The van der Waals surface area contributed by atoms with Crippen molar-refractivity contribution in [3.8, 4) is 5.75 Å². The van der Waals surface area contributed by atoms with Crippen LogP contribution >= 0.6 is 11.6 Å². The highest BCUT2D eigenvalue weighted by atomic mass is 35.5. The third kappa shape index (κ3) is 6.87. The molecule has 4 nitrogen and oxygen atoms in total. The zero-order valence-corrected chi connectivity index (χ0v) is 15.9. The van der Waals surface area contributed by atoms with Crippen molar-refractivity contribution in [3.63, 3.8) is 0 Å². The number of nitrogens with zero attached hydrogens (tertiary/aromatic N) is 1. The number of ether oxygens (including phenoxy) is 1. The summed E-state index contributed by atoms with van der Waals surface area (Å²) in [5.41, 5.74) is 1.10. The number of rotatable bonds is 11. The number of aliphatic carboxylic acids is 1. The maximum absolute atomic E-state index is 11.0. The van der Waals surface area contributed by atoms with E-state index in [1.54, 1.807) is 0 Å². The SMILES string of the molecule is CCCCCCCCOc1ccc(CN2CCC(C(=O)O)C2)cc1Cl. The topological polar surface area (TPSA) is 49.8 Å². The molecular formula is C20H30ClNO3. The number of hydrogen-bond acceptors (Lipinski definition) is 3. The summed E-state index contributed by atoms with van der Waals surface area (Å²) in [5.74, 6) is -0.196. The van der Waals surface area contributed by atoms with E-state index in [2.05, 4.69) is 11.8 Å². The lowest BCUT2D eigenvalue weighted by Crippen LogP contribution is -2.22. The third-order valence-electron chi connectivity index (χ3n) is 4.78. The van der Waals surface area contributed by atoms with Crippen LogP contribution in [0.3, 0.4) is 0 Å². The van der Waals surface area contributed by atoms with Gasteiger partial charge in [-0.1, -0.05) is 56.7 Å². The van der Waals surface area contributed by atoms with Crippen LogP contribution in [0.1, 0.15) is 57.4 Å². The Bertz CT molecular complexity index is 550. The second-order valence-corrected chi connectivity index (χ2v) is 7.35. The molecule has 0 radical (unpaired) electrons. The van der Waals surface area contributed by atoms with Crippen LogP contribution < -0.4 is 4.74 Å². The zero-order chi connectivity index (χ0) is 18.1. The van der Waals surface area contributed by atoms with Crippen molar-refractivity contribution in [2.45, 2.75) is 58.4 Å². The quantitative estimate of drug-likeness (QED) is 0.560. The number of carboxylic acids is 1. The highest BCUT2D eigenvalue weighted by Gasteiger charge is 2.27. The van der Waals surface area contributed by atoms with Gasteiger partial charge in [-0.05, 0) is 37.1 Å². The van der Waals surface area contributed by atoms with E-state index in [-0.39, 0.29) is 5.92 Å². The lowest BCUT2D eigenvalue weighted by atomic mass is 10.1. The zero-order valence-electron chi connectivity index (χ0n) is 15.2. The van der Waals surface area contributed by atoms with Gasteiger partial charge in [-0.2, -0.15) is 0 Å². The molecule has 1 heterocycles. The monoisotopic (exact) mass is 367 g/mol. The summed E-state index contributed by atoms with van der Waals surface area (Å²) < 4.78 is 5.79. The molecule has 0 amide bonds. The Morgan fingerprint density at radius 2 is 2.04 bits per heavy atom. The van der Waals surface area contributed by atoms with Gasteiger partial charge in [-0.15, -0.1) is 0 Å². The minimum absolute atomic E-state index is 0.240. The molecule has 1 aliphatic rings. The van der Waals surface area contributed by atoms with Crippen molar-refractivity contribution in [2.75, 3.05) is 19.7 Å². The van der Waals surface area contributed by atoms with E-state index < -0.39 is 5.97 Å². The predicted molar refractivity (Wildman–Crippen MR) is 101 cm³/mol. The third-order valence-corrected chi connectivity index (χ3v) is 5.07. The van der Waals surface area contributed by atoms with Gasteiger partial charge in [-0.25, -0.2) is 0 Å². The molecule has 1 fully saturated rings. The highest BCUT2D eigenvalue weighted by Crippen LogP contribution is 2.27. The molecule has 1 N–H and O–H groups in total. The first-order valence-electron chi connectivity index (χ1n) is 9.46.